The predicted molar refractivity (Wildman–Crippen MR) is 302 cm³/mol. The predicted octanol–water partition coefficient (Wildman–Crippen LogP) is 20.8. The lowest BCUT2D eigenvalue weighted by Crippen LogP contribution is -2.30. The van der Waals surface area contributed by atoms with Gasteiger partial charge < -0.3 is 14.2 Å². The summed E-state index contributed by atoms with van der Waals surface area (Å²) in [6.45, 7) is 6.66. The molecule has 0 radical (unpaired) electrons. The smallest absolute Gasteiger partial charge is 0.306 e. The first-order valence-electron chi connectivity index (χ1n) is 31.0. The molecular formula is C64H118O6. The highest BCUT2D eigenvalue weighted by Gasteiger charge is 2.19. The first kappa shape index (κ1) is 67.6. The van der Waals surface area contributed by atoms with Gasteiger partial charge in [0.25, 0.3) is 0 Å². The van der Waals surface area contributed by atoms with E-state index >= 15 is 0 Å². The summed E-state index contributed by atoms with van der Waals surface area (Å²) in [5.74, 6) is -0.864. The molecule has 6 nitrogen and oxygen atoms in total. The molecule has 70 heavy (non-hydrogen) atoms. The monoisotopic (exact) mass is 983 g/mol. The van der Waals surface area contributed by atoms with Crippen LogP contribution in [0.4, 0.5) is 0 Å². The van der Waals surface area contributed by atoms with Crippen molar-refractivity contribution in [3.63, 3.8) is 0 Å². The molecule has 0 N–H and O–H groups in total. The van der Waals surface area contributed by atoms with E-state index in [9.17, 15) is 14.4 Å². The van der Waals surface area contributed by atoms with Crippen LogP contribution in [0, 0.1) is 0 Å². The molecule has 0 aliphatic heterocycles. The molecule has 0 aliphatic carbocycles. The number of carbonyl (C=O) groups is 3. The van der Waals surface area contributed by atoms with Crippen LogP contribution in [0.15, 0.2) is 36.5 Å². The molecule has 6 heteroatoms. The number of hydrogen-bond acceptors (Lipinski definition) is 6. The number of carbonyl (C=O) groups excluding carboxylic acids is 3. The third-order valence-electron chi connectivity index (χ3n) is 13.9. The highest BCUT2D eigenvalue weighted by Crippen LogP contribution is 2.17. The summed E-state index contributed by atoms with van der Waals surface area (Å²) < 4.78 is 16.9. The second-order valence-corrected chi connectivity index (χ2v) is 21.0. The van der Waals surface area contributed by atoms with Gasteiger partial charge in [-0.2, -0.15) is 0 Å². The number of unbranched alkanes of at least 4 members (excludes halogenated alkanes) is 40. The molecule has 0 saturated carbocycles. The lowest BCUT2D eigenvalue weighted by atomic mass is 10.0. The van der Waals surface area contributed by atoms with E-state index in [4.69, 9.17) is 14.2 Å². The number of ether oxygens (including phenoxy) is 3. The Hall–Kier alpha value is -2.37. The molecule has 0 rings (SSSR count). The van der Waals surface area contributed by atoms with Crippen LogP contribution in [0.25, 0.3) is 0 Å². The van der Waals surface area contributed by atoms with Gasteiger partial charge in [-0.15, -0.1) is 0 Å². The Labute approximate surface area is 435 Å². The van der Waals surface area contributed by atoms with Crippen molar-refractivity contribution in [2.45, 2.75) is 341 Å². The highest BCUT2D eigenvalue weighted by atomic mass is 16.6. The summed E-state index contributed by atoms with van der Waals surface area (Å²) in [5.41, 5.74) is 0. The quantitative estimate of drug-likeness (QED) is 0.0261. The minimum Gasteiger partial charge on any atom is -0.462 e. The maximum Gasteiger partial charge on any atom is 0.306 e. The minimum atomic E-state index is -0.775. The van der Waals surface area contributed by atoms with Gasteiger partial charge in [-0.25, -0.2) is 0 Å². The van der Waals surface area contributed by atoms with Crippen molar-refractivity contribution in [2.24, 2.45) is 0 Å². The van der Waals surface area contributed by atoms with Gasteiger partial charge in [-0.1, -0.05) is 276 Å². The molecule has 0 aromatic carbocycles. The molecule has 0 bridgehead atoms. The van der Waals surface area contributed by atoms with Crippen molar-refractivity contribution in [2.75, 3.05) is 13.2 Å². The van der Waals surface area contributed by atoms with Gasteiger partial charge >= 0.3 is 17.9 Å². The molecule has 410 valence electrons. The Morgan fingerprint density at radius 2 is 0.514 bits per heavy atom. The van der Waals surface area contributed by atoms with Gasteiger partial charge in [0.1, 0.15) is 13.2 Å². The zero-order chi connectivity index (χ0) is 50.7. The van der Waals surface area contributed by atoms with Crippen LogP contribution < -0.4 is 0 Å². The molecule has 1 atom stereocenters. The molecule has 0 saturated heterocycles. The Morgan fingerprint density at radius 1 is 0.286 bits per heavy atom. The first-order chi connectivity index (χ1) is 34.5. The number of allylic oxidation sites excluding steroid dienone is 6. The second-order valence-electron chi connectivity index (χ2n) is 21.0. The summed E-state index contributed by atoms with van der Waals surface area (Å²) in [7, 11) is 0. The van der Waals surface area contributed by atoms with Crippen LogP contribution >= 0.6 is 0 Å². The number of esters is 3. The average molecular weight is 984 g/mol. The van der Waals surface area contributed by atoms with Gasteiger partial charge in [0, 0.05) is 19.3 Å². The largest absolute Gasteiger partial charge is 0.462 e. The summed E-state index contributed by atoms with van der Waals surface area (Å²) in [6.07, 6.45) is 71.4. The lowest BCUT2D eigenvalue weighted by Gasteiger charge is -2.18. The third-order valence-corrected chi connectivity index (χ3v) is 13.9. The van der Waals surface area contributed by atoms with Gasteiger partial charge in [-0.05, 0) is 77.0 Å². The van der Waals surface area contributed by atoms with E-state index in [1.807, 2.05) is 0 Å². The van der Waals surface area contributed by atoms with Crippen molar-refractivity contribution in [3.05, 3.63) is 36.5 Å². The van der Waals surface area contributed by atoms with Crippen molar-refractivity contribution in [1.82, 2.24) is 0 Å². The highest BCUT2D eigenvalue weighted by molar-refractivity contribution is 5.71. The van der Waals surface area contributed by atoms with E-state index in [1.54, 1.807) is 0 Å². The van der Waals surface area contributed by atoms with Crippen molar-refractivity contribution >= 4 is 17.9 Å². The van der Waals surface area contributed by atoms with Gasteiger partial charge in [-0.3, -0.25) is 14.4 Å². The van der Waals surface area contributed by atoms with E-state index in [2.05, 4.69) is 57.2 Å². The van der Waals surface area contributed by atoms with Gasteiger partial charge in [0.2, 0.25) is 0 Å². The van der Waals surface area contributed by atoms with E-state index in [0.29, 0.717) is 19.3 Å². The first-order valence-corrected chi connectivity index (χ1v) is 31.0. The maximum absolute atomic E-state index is 12.9. The molecule has 0 amide bonds. The fraction of sp³-hybridized carbons (Fsp3) is 0.859. The second kappa shape index (κ2) is 59.2. The zero-order valence-electron chi connectivity index (χ0n) is 47.1. The number of rotatable bonds is 57. The van der Waals surface area contributed by atoms with Gasteiger partial charge in [0.05, 0.1) is 0 Å². The minimum absolute atomic E-state index is 0.0731. The molecule has 0 aliphatic rings. The molecular weight excluding hydrogens is 865 g/mol. The molecule has 0 aromatic heterocycles. The summed E-state index contributed by atoms with van der Waals surface area (Å²) >= 11 is 0. The van der Waals surface area contributed by atoms with Crippen LogP contribution in [-0.4, -0.2) is 37.2 Å². The Kier molecular flexibility index (Phi) is 57.2. The van der Waals surface area contributed by atoms with Gasteiger partial charge in [0.15, 0.2) is 6.10 Å². The SMILES string of the molecule is CCCCCCC/C=C\C/C=C\CCCCCCCCCCCC(=O)OCC(COC(=O)CCCCCCC/C=C\CCCCCCC)OC(=O)CCCCCCCCCCCCCCCCCCC. The molecule has 0 heterocycles. The van der Waals surface area contributed by atoms with Crippen LogP contribution in [0.5, 0.6) is 0 Å². The average Bonchev–Trinajstić information content (AvgIpc) is 3.36. The van der Waals surface area contributed by atoms with E-state index in [-0.39, 0.29) is 31.1 Å². The molecule has 0 aromatic rings. The van der Waals surface area contributed by atoms with E-state index in [1.165, 1.54) is 225 Å². The lowest BCUT2D eigenvalue weighted by molar-refractivity contribution is -0.167. The summed E-state index contributed by atoms with van der Waals surface area (Å²) in [6, 6.07) is 0. The molecule has 0 fully saturated rings. The van der Waals surface area contributed by atoms with Crippen LogP contribution in [0.3, 0.4) is 0 Å². The molecule has 0 spiro atoms. The van der Waals surface area contributed by atoms with Crippen LogP contribution in [0.2, 0.25) is 0 Å². The van der Waals surface area contributed by atoms with E-state index in [0.717, 1.165) is 70.6 Å². The standard InChI is InChI=1S/C64H118O6/c1-4-7-10-13-16-19-22-25-28-30-31-32-33-35-36-39-42-45-48-51-54-57-63(66)69-60-61(59-68-62(65)56-53-50-47-44-41-38-27-24-21-18-15-12-9-6-3)70-64(67)58-55-52-49-46-43-40-37-34-29-26-23-20-17-14-11-8-5-2/h22,24-25,27,30-31,61H,4-21,23,26,28-29,32-60H2,1-3H3/b25-22-,27-24-,31-30-. The number of hydrogen-bond donors (Lipinski definition) is 0. The van der Waals surface area contributed by atoms with Crippen LogP contribution in [-0.2, 0) is 28.6 Å². The Balaban J connectivity index is 4.32. The fourth-order valence-corrected chi connectivity index (χ4v) is 9.18. The van der Waals surface area contributed by atoms with Crippen molar-refractivity contribution in [1.29, 1.82) is 0 Å². The van der Waals surface area contributed by atoms with E-state index < -0.39 is 6.10 Å². The Morgan fingerprint density at radius 3 is 0.800 bits per heavy atom. The van der Waals surface area contributed by atoms with Crippen molar-refractivity contribution < 1.29 is 28.6 Å². The van der Waals surface area contributed by atoms with Crippen LogP contribution in [0.1, 0.15) is 335 Å². The maximum atomic E-state index is 12.9. The fourth-order valence-electron chi connectivity index (χ4n) is 9.18. The van der Waals surface area contributed by atoms with Crippen molar-refractivity contribution in [3.8, 4) is 0 Å². The topological polar surface area (TPSA) is 78.9 Å². The zero-order valence-corrected chi connectivity index (χ0v) is 47.1. The molecule has 1 unspecified atom stereocenters. The third kappa shape index (κ3) is 56.5. The summed E-state index contributed by atoms with van der Waals surface area (Å²) in [5, 5.41) is 0. The normalized spacial score (nSPS) is 12.2. The summed E-state index contributed by atoms with van der Waals surface area (Å²) in [4.78, 5) is 38.2. The Bertz CT molecular complexity index is 1170.